The number of primary amides is 1. The average molecular weight is 447 g/mol. The summed E-state index contributed by atoms with van der Waals surface area (Å²) in [5.74, 6) is -0.228. The molecular formula is C26H30N4O3. The van der Waals surface area contributed by atoms with Gasteiger partial charge in [0.15, 0.2) is 0 Å². The van der Waals surface area contributed by atoms with Gasteiger partial charge in [0.25, 0.3) is 5.91 Å². The molecule has 3 aromatic rings. The fraction of sp³-hybridized carbons (Fsp3) is 0.346. The number of nitrogens with two attached hydrogens (primary N) is 1. The van der Waals surface area contributed by atoms with E-state index in [4.69, 9.17) is 10.5 Å². The molecule has 2 aromatic carbocycles. The van der Waals surface area contributed by atoms with Crippen molar-refractivity contribution in [3.63, 3.8) is 0 Å². The Hall–Kier alpha value is -3.61. The summed E-state index contributed by atoms with van der Waals surface area (Å²) in [6.45, 7) is 6.92. The number of para-hydroxylation sites is 1. The van der Waals surface area contributed by atoms with Crippen LogP contribution in [0.5, 0.6) is 0 Å². The quantitative estimate of drug-likeness (QED) is 0.575. The van der Waals surface area contributed by atoms with E-state index in [1.807, 2.05) is 57.2 Å². The molecule has 0 spiro atoms. The third kappa shape index (κ3) is 5.25. The Morgan fingerprint density at radius 2 is 1.79 bits per heavy atom. The Morgan fingerprint density at radius 1 is 1.09 bits per heavy atom. The molecular weight excluding hydrogens is 416 g/mol. The molecule has 7 nitrogen and oxygen atoms in total. The number of piperidine rings is 1. The van der Waals surface area contributed by atoms with Crippen LogP contribution >= 0.6 is 0 Å². The summed E-state index contributed by atoms with van der Waals surface area (Å²) in [5.41, 5.74) is 8.98. The second-order valence-electron chi connectivity index (χ2n) is 9.42. The summed E-state index contributed by atoms with van der Waals surface area (Å²) in [7, 11) is 0. The van der Waals surface area contributed by atoms with Crippen molar-refractivity contribution in [2.24, 2.45) is 5.73 Å². The third-order valence-corrected chi connectivity index (χ3v) is 5.82. The molecule has 2 amide bonds. The van der Waals surface area contributed by atoms with Crippen LogP contribution in [0.3, 0.4) is 0 Å². The van der Waals surface area contributed by atoms with Gasteiger partial charge < -0.3 is 20.7 Å². The zero-order valence-corrected chi connectivity index (χ0v) is 19.3. The summed E-state index contributed by atoms with van der Waals surface area (Å²) < 4.78 is 5.51. The highest BCUT2D eigenvalue weighted by atomic mass is 16.6. The molecule has 0 aliphatic carbocycles. The smallest absolute Gasteiger partial charge is 0.410 e. The molecule has 33 heavy (non-hydrogen) atoms. The van der Waals surface area contributed by atoms with Crippen LogP contribution in [-0.2, 0) is 4.74 Å². The summed E-state index contributed by atoms with van der Waals surface area (Å²) in [6.07, 6.45) is 2.95. The highest BCUT2D eigenvalue weighted by Crippen LogP contribution is 2.34. The number of rotatable bonds is 4. The van der Waals surface area contributed by atoms with Gasteiger partial charge in [-0.25, -0.2) is 4.79 Å². The molecule has 0 bridgehead atoms. The number of carbonyl (C=O) groups is 2. The molecule has 1 aromatic heterocycles. The first-order valence-electron chi connectivity index (χ1n) is 11.2. The van der Waals surface area contributed by atoms with E-state index in [0.717, 1.165) is 35.0 Å². The molecule has 1 aliphatic rings. The lowest BCUT2D eigenvalue weighted by Gasteiger charge is -2.33. The van der Waals surface area contributed by atoms with Gasteiger partial charge in [0.05, 0.1) is 16.8 Å². The molecule has 0 saturated carbocycles. The van der Waals surface area contributed by atoms with Crippen molar-refractivity contribution in [3.05, 3.63) is 65.9 Å². The molecule has 172 valence electrons. The molecule has 0 unspecified atom stereocenters. The van der Waals surface area contributed by atoms with E-state index in [9.17, 15) is 9.59 Å². The van der Waals surface area contributed by atoms with Gasteiger partial charge in [-0.05, 0) is 69.4 Å². The lowest BCUT2D eigenvalue weighted by atomic mass is 9.88. The second-order valence-corrected chi connectivity index (χ2v) is 9.42. The van der Waals surface area contributed by atoms with E-state index in [0.29, 0.717) is 30.3 Å². The molecule has 2 heterocycles. The fourth-order valence-corrected chi connectivity index (χ4v) is 4.17. The molecule has 0 radical (unpaired) electrons. The maximum atomic E-state index is 12.4. The minimum absolute atomic E-state index is 0.260. The van der Waals surface area contributed by atoms with Gasteiger partial charge in [-0.3, -0.25) is 9.78 Å². The summed E-state index contributed by atoms with van der Waals surface area (Å²) in [6, 6.07) is 15.8. The van der Waals surface area contributed by atoms with Crippen LogP contribution in [0.25, 0.3) is 10.9 Å². The molecule has 0 atom stereocenters. The maximum Gasteiger partial charge on any atom is 0.410 e. The van der Waals surface area contributed by atoms with Gasteiger partial charge in [-0.1, -0.05) is 24.3 Å². The molecule has 3 N–H and O–H groups in total. The number of amides is 2. The number of aromatic nitrogens is 1. The zero-order valence-electron chi connectivity index (χ0n) is 19.3. The van der Waals surface area contributed by atoms with Gasteiger partial charge in [-0.15, -0.1) is 0 Å². The first-order valence-corrected chi connectivity index (χ1v) is 11.2. The maximum absolute atomic E-state index is 12.4. The van der Waals surface area contributed by atoms with Gasteiger partial charge in [0.2, 0.25) is 0 Å². The normalized spacial score (nSPS) is 14.8. The van der Waals surface area contributed by atoms with Crippen molar-refractivity contribution < 1.29 is 14.3 Å². The Labute approximate surface area is 193 Å². The van der Waals surface area contributed by atoms with Gasteiger partial charge in [0, 0.05) is 30.4 Å². The van der Waals surface area contributed by atoms with Crippen LogP contribution < -0.4 is 11.1 Å². The van der Waals surface area contributed by atoms with Crippen molar-refractivity contribution >= 4 is 34.3 Å². The number of carbonyl (C=O) groups excluding carboxylic acids is 2. The summed E-state index contributed by atoms with van der Waals surface area (Å²) >= 11 is 0. The van der Waals surface area contributed by atoms with E-state index >= 15 is 0 Å². The predicted octanol–water partition coefficient (Wildman–Crippen LogP) is 5.19. The summed E-state index contributed by atoms with van der Waals surface area (Å²) in [4.78, 5) is 30.8. The van der Waals surface area contributed by atoms with Crippen LogP contribution in [0, 0.1) is 0 Å². The van der Waals surface area contributed by atoms with Crippen LogP contribution in [0.15, 0.2) is 54.7 Å². The van der Waals surface area contributed by atoms with Crippen LogP contribution in [0.4, 0.5) is 16.2 Å². The van der Waals surface area contributed by atoms with E-state index < -0.39 is 11.5 Å². The SMILES string of the molecule is CC(C)(C)OC(=O)N1CCC(c2ccc3ncc(C(N)=O)c(Nc4ccccc4)c3c2)CC1. The van der Waals surface area contributed by atoms with E-state index in [-0.39, 0.29) is 6.09 Å². The van der Waals surface area contributed by atoms with Crippen molar-refractivity contribution in [2.75, 3.05) is 18.4 Å². The number of likely N-dealkylation sites (tertiary alicyclic amines) is 1. The number of fused-ring (bicyclic) bond motifs is 1. The molecule has 7 heteroatoms. The highest BCUT2D eigenvalue weighted by molar-refractivity contribution is 6.07. The number of hydrogen-bond donors (Lipinski definition) is 2. The number of pyridine rings is 1. The number of nitrogens with one attached hydrogen (secondary N) is 1. The van der Waals surface area contributed by atoms with E-state index in [2.05, 4.69) is 22.4 Å². The first kappa shape index (κ1) is 22.6. The van der Waals surface area contributed by atoms with Crippen molar-refractivity contribution in [1.29, 1.82) is 0 Å². The van der Waals surface area contributed by atoms with Gasteiger partial charge in [0.1, 0.15) is 5.60 Å². The molecule has 1 aliphatic heterocycles. The predicted molar refractivity (Wildman–Crippen MR) is 130 cm³/mol. The standard InChI is InChI=1S/C26H30N4O3/c1-26(2,3)33-25(32)30-13-11-17(12-14-30)18-9-10-22-20(15-18)23(21(16-28-22)24(27)31)29-19-7-5-4-6-8-19/h4-10,15-17H,11-14H2,1-3H3,(H2,27,31)(H,28,29). The number of ether oxygens (including phenoxy) is 1. The average Bonchev–Trinajstić information content (AvgIpc) is 2.78. The number of anilines is 2. The third-order valence-electron chi connectivity index (χ3n) is 5.82. The zero-order chi connectivity index (χ0) is 23.6. The van der Waals surface area contributed by atoms with Crippen molar-refractivity contribution in [3.8, 4) is 0 Å². The minimum Gasteiger partial charge on any atom is -0.444 e. The highest BCUT2D eigenvalue weighted by Gasteiger charge is 2.28. The lowest BCUT2D eigenvalue weighted by Crippen LogP contribution is -2.41. The first-order chi connectivity index (χ1) is 15.7. The number of hydrogen-bond acceptors (Lipinski definition) is 5. The Morgan fingerprint density at radius 3 is 2.42 bits per heavy atom. The monoisotopic (exact) mass is 446 g/mol. The van der Waals surface area contributed by atoms with Crippen molar-refractivity contribution in [2.45, 2.75) is 45.1 Å². The van der Waals surface area contributed by atoms with E-state index in [1.165, 1.54) is 6.20 Å². The Kier molecular flexibility index (Phi) is 6.22. The number of benzene rings is 2. The van der Waals surface area contributed by atoms with Crippen molar-refractivity contribution in [1.82, 2.24) is 9.88 Å². The molecule has 4 rings (SSSR count). The second kappa shape index (κ2) is 9.10. The number of nitrogens with zero attached hydrogens (tertiary/aromatic N) is 2. The van der Waals surface area contributed by atoms with Crippen LogP contribution in [0.1, 0.15) is 55.5 Å². The van der Waals surface area contributed by atoms with Gasteiger partial charge >= 0.3 is 6.09 Å². The minimum atomic E-state index is -0.529. The topological polar surface area (TPSA) is 97.6 Å². The Balaban J connectivity index is 1.61. The lowest BCUT2D eigenvalue weighted by molar-refractivity contribution is 0.0205. The van der Waals surface area contributed by atoms with Crippen LogP contribution in [-0.4, -0.2) is 40.6 Å². The molecule has 1 saturated heterocycles. The largest absolute Gasteiger partial charge is 0.444 e. The Bertz CT molecular complexity index is 1160. The van der Waals surface area contributed by atoms with E-state index in [1.54, 1.807) is 4.90 Å². The van der Waals surface area contributed by atoms with Crippen LogP contribution in [0.2, 0.25) is 0 Å². The molecule has 1 fully saturated rings. The fourth-order valence-electron chi connectivity index (χ4n) is 4.17. The van der Waals surface area contributed by atoms with Gasteiger partial charge in [-0.2, -0.15) is 0 Å². The summed E-state index contributed by atoms with van der Waals surface area (Å²) in [5, 5.41) is 4.21.